The second-order valence-electron chi connectivity index (χ2n) is 7.34. The van der Waals surface area contributed by atoms with Crippen LogP contribution < -0.4 is 5.32 Å². The van der Waals surface area contributed by atoms with Gasteiger partial charge >= 0.3 is 0 Å². The highest BCUT2D eigenvalue weighted by molar-refractivity contribution is 7.85. The van der Waals surface area contributed by atoms with Crippen LogP contribution in [0.15, 0.2) is 29.2 Å². The lowest BCUT2D eigenvalue weighted by molar-refractivity contribution is -0.657. The maximum atomic E-state index is 10.8. The van der Waals surface area contributed by atoms with E-state index in [4.69, 9.17) is 10.2 Å². The number of aryl methyl sites for hydroxylation is 1. The van der Waals surface area contributed by atoms with Crippen molar-refractivity contribution in [3.05, 3.63) is 29.8 Å². The molecule has 0 unspecified atom stereocenters. The molecule has 0 radical (unpaired) electrons. The van der Waals surface area contributed by atoms with Gasteiger partial charge < -0.3 is 20.1 Å². The third-order valence-electron chi connectivity index (χ3n) is 4.70. The van der Waals surface area contributed by atoms with Gasteiger partial charge in [0.05, 0.1) is 31.2 Å². The summed E-state index contributed by atoms with van der Waals surface area (Å²) in [7, 11) is -4.31. The minimum Gasteiger partial charge on any atom is -0.744 e. The Kier molecular flexibility index (Phi) is 18.4. The summed E-state index contributed by atoms with van der Waals surface area (Å²) in [5.74, 6) is 0. The summed E-state index contributed by atoms with van der Waals surface area (Å²) in [5, 5.41) is 18.2. The lowest BCUT2D eigenvalue weighted by atomic mass is 10.0. The second-order valence-corrected chi connectivity index (χ2v) is 8.72. The fourth-order valence-corrected chi connectivity index (χ4v) is 3.44. The van der Waals surface area contributed by atoms with Crippen LogP contribution in [0.3, 0.4) is 0 Å². The Morgan fingerprint density at radius 3 is 1.66 bits per heavy atom. The van der Waals surface area contributed by atoms with Crippen molar-refractivity contribution >= 4 is 10.1 Å². The van der Waals surface area contributed by atoms with Crippen LogP contribution in [0.5, 0.6) is 0 Å². The number of benzene rings is 1. The van der Waals surface area contributed by atoms with Gasteiger partial charge in [-0.15, -0.1) is 0 Å². The molecule has 0 aromatic heterocycles. The molecule has 1 rings (SSSR count). The Morgan fingerprint density at radius 2 is 1.24 bits per heavy atom. The monoisotopic (exact) mass is 431 g/mol. The van der Waals surface area contributed by atoms with Gasteiger partial charge in [-0.25, -0.2) is 8.42 Å². The number of quaternary nitrogens is 1. The zero-order chi connectivity index (χ0) is 21.8. The molecule has 0 aliphatic heterocycles. The third kappa shape index (κ3) is 17.6. The van der Waals surface area contributed by atoms with Gasteiger partial charge in [-0.2, -0.15) is 0 Å². The van der Waals surface area contributed by atoms with Crippen molar-refractivity contribution in [2.24, 2.45) is 0 Å². The third-order valence-corrected chi connectivity index (χ3v) is 5.55. The average Bonchev–Trinajstić information content (AvgIpc) is 2.70. The van der Waals surface area contributed by atoms with Gasteiger partial charge in [-0.1, -0.05) is 76.8 Å². The van der Waals surface area contributed by atoms with Gasteiger partial charge in [0.2, 0.25) is 0 Å². The van der Waals surface area contributed by atoms with E-state index >= 15 is 0 Å². The Bertz CT molecular complexity index is 571. The van der Waals surface area contributed by atoms with Gasteiger partial charge in [0.1, 0.15) is 10.1 Å². The maximum absolute atomic E-state index is 10.8. The highest BCUT2D eigenvalue weighted by atomic mass is 32.2. The highest BCUT2D eigenvalue weighted by Gasteiger charge is 2.01. The summed E-state index contributed by atoms with van der Waals surface area (Å²) in [6.45, 7) is 4.02. The molecule has 0 spiro atoms. The van der Waals surface area contributed by atoms with Gasteiger partial charge in [0, 0.05) is 0 Å². The summed E-state index contributed by atoms with van der Waals surface area (Å²) >= 11 is 0. The quantitative estimate of drug-likeness (QED) is 0.275. The van der Waals surface area contributed by atoms with Crippen molar-refractivity contribution in [3.63, 3.8) is 0 Å². The van der Waals surface area contributed by atoms with Crippen LogP contribution in [0.2, 0.25) is 0 Å². The van der Waals surface area contributed by atoms with Crippen LogP contribution >= 0.6 is 0 Å². The molecule has 6 nitrogen and oxygen atoms in total. The number of aliphatic hydroxyl groups excluding tert-OH is 2. The van der Waals surface area contributed by atoms with Crippen molar-refractivity contribution in [1.29, 1.82) is 0 Å². The highest BCUT2D eigenvalue weighted by Crippen LogP contribution is 2.14. The molecule has 7 heteroatoms. The summed E-state index contributed by atoms with van der Waals surface area (Å²) < 4.78 is 32.5. The zero-order valence-electron chi connectivity index (χ0n) is 18.0. The van der Waals surface area contributed by atoms with E-state index in [1.165, 1.54) is 69.9 Å². The molecule has 0 fully saturated rings. The first-order valence-electron chi connectivity index (χ1n) is 11.0. The summed E-state index contributed by atoms with van der Waals surface area (Å²) in [5.41, 5.74) is 1.10. The normalized spacial score (nSPS) is 11.2. The van der Waals surface area contributed by atoms with E-state index in [0.717, 1.165) is 18.4 Å². The smallest absolute Gasteiger partial charge is 0.124 e. The van der Waals surface area contributed by atoms with Gasteiger partial charge in [-0.05, 0) is 30.5 Å². The van der Waals surface area contributed by atoms with Crippen LogP contribution in [0.1, 0.15) is 76.7 Å². The van der Waals surface area contributed by atoms with E-state index in [0.29, 0.717) is 13.1 Å². The SMILES string of the molecule is CCCCCCCCCCCCc1ccc(S(=O)(=O)[O-])cc1.OCC[NH2+]CCO. The number of hydrogen-bond acceptors (Lipinski definition) is 5. The zero-order valence-corrected chi connectivity index (χ0v) is 18.8. The Hall–Kier alpha value is -0.990. The topological polar surface area (TPSA) is 114 Å². The van der Waals surface area contributed by atoms with Crippen molar-refractivity contribution in [3.8, 4) is 0 Å². The number of nitrogens with two attached hydrogens (primary N) is 1. The molecule has 0 amide bonds. The predicted octanol–water partition coefficient (Wildman–Crippen LogP) is 2.59. The first-order chi connectivity index (χ1) is 14.0. The molecule has 29 heavy (non-hydrogen) atoms. The number of hydrogen-bond donors (Lipinski definition) is 3. The number of aliphatic hydroxyl groups is 2. The van der Waals surface area contributed by atoms with E-state index < -0.39 is 10.1 Å². The molecule has 170 valence electrons. The molecule has 0 saturated carbocycles. The first kappa shape index (κ1) is 28.0. The largest absolute Gasteiger partial charge is 0.744 e. The lowest BCUT2D eigenvalue weighted by Gasteiger charge is -2.08. The standard InChI is InChI=1S/C18H30O3S.C4H11NO2/c1-2-3-4-5-6-7-8-9-10-11-12-17-13-15-18(16-14-17)22(19,20)21;6-3-1-5-2-4-7/h13-16H,2-12H2,1H3,(H,19,20,21);5-7H,1-4H2. The molecule has 0 bridgehead atoms. The van der Waals surface area contributed by atoms with Crippen molar-refractivity contribution in [2.75, 3.05) is 26.3 Å². The van der Waals surface area contributed by atoms with Crippen LogP contribution in [-0.2, 0) is 16.5 Å². The van der Waals surface area contributed by atoms with Gasteiger partial charge in [-0.3, -0.25) is 0 Å². The average molecular weight is 432 g/mol. The lowest BCUT2D eigenvalue weighted by Crippen LogP contribution is -2.85. The second kappa shape index (κ2) is 19.0. The Labute approximate surface area is 177 Å². The van der Waals surface area contributed by atoms with Crippen molar-refractivity contribution in [1.82, 2.24) is 0 Å². The summed E-state index contributed by atoms with van der Waals surface area (Å²) in [4.78, 5) is -0.140. The van der Waals surface area contributed by atoms with Gasteiger partial charge in [0.15, 0.2) is 0 Å². The van der Waals surface area contributed by atoms with Crippen molar-refractivity contribution < 1.29 is 28.5 Å². The molecule has 0 aliphatic rings. The summed E-state index contributed by atoms with van der Waals surface area (Å²) in [6.07, 6.45) is 14.0. The van der Waals surface area contributed by atoms with Crippen LogP contribution in [-0.4, -0.2) is 49.5 Å². The molecular formula is C22H41NO5S. The van der Waals surface area contributed by atoms with Crippen molar-refractivity contribution in [2.45, 2.75) is 82.4 Å². The molecule has 0 heterocycles. The van der Waals surface area contributed by atoms with E-state index in [2.05, 4.69) is 6.92 Å². The molecule has 4 N–H and O–H groups in total. The van der Waals surface area contributed by atoms with E-state index in [-0.39, 0.29) is 18.1 Å². The first-order valence-corrected chi connectivity index (χ1v) is 12.4. The van der Waals surface area contributed by atoms with E-state index in [1.54, 1.807) is 12.1 Å². The minimum absolute atomic E-state index is 0.140. The minimum atomic E-state index is -4.31. The van der Waals surface area contributed by atoms with Crippen LogP contribution in [0.25, 0.3) is 0 Å². The van der Waals surface area contributed by atoms with Crippen LogP contribution in [0.4, 0.5) is 0 Å². The van der Waals surface area contributed by atoms with E-state index in [1.807, 2.05) is 5.32 Å². The molecule has 1 aromatic carbocycles. The Balaban J connectivity index is 0.000000956. The maximum Gasteiger partial charge on any atom is 0.124 e. The number of rotatable bonds is 16. The molecular weight excluding hydrogens is 390 g/mol. The Morgan fingerprint density at radius 1 is 0.793 bits per heavy atom. The van der Waals surface area contributed by atoms with Crippen LogP contribution in [0, 0.1) is 0 Å². The molecule has 0 atom stereocenters. The predicted molar refractivity (Wildman–Crippen MR) is 116 cm³/mol. The molecule has 0 saturated heterocycles. The fraction of sp³-hybridized carbons (Fsp3) is 0.727. The fourth-order valence-electron chi connectivity index (χ4n) is 2.97. The molecule has 1 aromatic rings. The van der Waals surface area contributed by atoms with E-state index in [9.17, 15) is 13.0 Å². The molecule has 0 aliphatic carbocycles. The summed E-state index contributed by atoms with van der Waals surface area (Å²) in [6, 6.07) is 6.32. The van der Waals surface area contributed by atoms with Gasteiger partial charge in [0.25, 0.3) is 0 Å². The number of unbranched alkanes of at least 4 members (excludes halogenated alkanes) is 9.